The van der Waals surface area contributed by atoms with E-state index in [-0.39, 0.29) is 6.61 Å². The molecule has 0 unspecified atom stereocenters. The first kappa shape index (κ1) is 12.5. The largest absolute Gasteiger partial charge is 0.480 e. The van der Waals surface area contributed by atoms with Crippen LogP contribution in [0.2, 0.25) is 0 Å². The SMILES string of the molecule is O=C(O)C1(NCCCCCCO)CCC1. The van der Waals surface area contributed by atoms with Gasteiger partial charge in [-0.15, -0.1) is 0 Å². The van der Waals surface area contributed by atoms with E-state index in [9.17, 15) is 4.79 Å². The van der Waals surface area contributed by atoms with Crippen LogP contribution in [0.15, 0.2) is 0 Å². The molecule has 0 heterocycles. The Morgan fingerprint density at radius 2 is 1.87 bits per heavy atom. The van der Waals surface area contributed by atoms with Gasteiger partial charge in [0.25, 0.3) is 0 Å². The van der Waals surface area contributed by atoms with E-state index in [1.165, 1.54) is 0 Å². The van der Waals surface area contributed by atoms with Crippen molar-refractivity contribution >= 4 is 5.97 Å². The van der Waals surface area contributed by atoms with Gasteiger partial charge >= 0.3 is 5.97 Å². The summed E-state index contributed by atoms with van der Waals surface area (Å²) in [4.78, 5) is 11.0. The lowest BCUT2D eigenvalue weighted by Crippen LogP contribution is -2.57. The lowest BCUT2D eigenvalue weighted by molar-refractivity contribution is -0.148. The van der Waals surface area contributed by atoms with E-state index in [0.29, 0.717) is 0 Å². The standard InChI is InChI=1S/C11H21NO3/c13-9-4-2-1-3-8-12-11(10(14)15)6-5-7-11/h12-13H,1-9H2,(H,14,15). The van der Waals surface area contributed by atoms with Crippen LogP contribution in [-0.4, -0.2) is 34.9 Å². The topological polar surface area (TPSA) is 69.6 Å². The van der Waals surface area contributed by atoms with Crippen molar-refractivity contribution in [3.05, 3.63) is 0 Å². The molecule has 0 saturated heterocycles. The Kier molecular flexibility index (Phi) is 5.05. The summed E-state index contributed by atoms with van der Waals surface area (Å²) in [5.41, 5.74) is -0.614. The van der Waals surface area contributed by atoms with E-state index < -0.39 is 11.5 Å². The van der Waals surface area contributed by atoms with Crippen molar-refractivity contribution in [3.8, 4) is 0 Å². The second-order valence-corrected chi connectivity index (χ2v) is 4.31. The maximum absolute atomic E-state index is 11.0. The van der Waals surface area contributed by atoms with Gasteiger partial charge in [-0.1, -0.05) is 12.8 Å². The van der Waals surface area contributed by atoms with Crippen molar-refractivity contribution in [2.24, 2.45) is 0 Å². The molecule has 88 valence electrons. The lowest BCUT2D eigenvalue weighted by Gasteiger charge is -2.38. The van der Waals surface area contributed by atoms with Crippen LogP contribution < -0.4 is 5.32 Å². The molecule has 0 radical (unpaired) electrons. The molecule has 3 N–H and O–H groups in total. The Morgan fingerprint density at radius 1 is 1.20 bits per heavy atom. The van der Waals surface area contributed by atoms with E-state index in [2.05, 4.69) is 5.32 Å². The summed E-state index contributed by atoms with van der Waals surface area (Å²) in [5.74, 6) is -0.705. The number of aliphatic hydroxyl groups excluding tert-OH is 1. The van der Waals surface area contributed by atoms with Crippen molar-refractivity contribution in [3.63, 3.8) is 0 Å². The second-order valence-electron chi connectivity index (χ2n) is 4.31. The smallest absolute Gasteiger partial charge is 0.323 e. The van der Waals surface area contributed by atoms with Crippen LogP contribution in [0.25, 0.3) is 0 Å². The van der Waals surface area contributed by atoms with Crippen molar-refractivity contribution < 1.29 is 15.0 Å². The number of rotatable bonds is 8. The third-order valence-corrected chi connectivity index (χ3v) is 3.16. The summed E-state index contributed by atoms with van der Waals surface area (Å²) in [6.45, 7) is 1.03. The molecule has 0 aromatic heterocycles. The molecule has 0 aromatic rings. The number of nitrogens with one attached hydrogen (secondary N) is 1. The van der Waals surface area contributed by atoms with Crippen LogP contribution in [-0.2, 0) is 4.79 Å². The second kappa shape index (κ2) is 6.08. The Labute approximate surface area is 90.7 Å². The molecule has 0 atom stereocenters. The van der Waals surface area contributed by atoms with Gasteiger partial charge in [0, 0.05) is 6.61 Å². The molecule has 1 aliphatic carbocycles. The predicted molar refractivity (Wildman–Crippen MR) is 57.8 cm³/mol. The van der Waals surface area contributed by atoms with Gasteiger partial charge in [-0.3, -0.25) is 4.79 Å². The van der Waals surface area contributed by atoms with Gasteiger partial charge in [-0.25, -0.2) is 0 Å². The van der Waals surface area contributed by atoms with Gasteiger partial charge in [-0.05, 0) is 38.6 Å². The van der Waals surface area contributed by atoms with E-state index >= 15 is 0 Å². The Hall–Kier alpha value is -0.610. The van der Waals surface area contributed by atoms with Crippen LogP contribution in [0.4, 0.5) is 0 Å². The van der Waals surface area contributed by atoms with E-state index in [4.69, 9.17) is 10.2 Å². The third-order valence-electron chi connectivity index (χ3n) is 3.16. The summed E-state index contributed by atoms with van der Waals surface area (Å²) in [5, 5.41) is 20.8. The van der Waals surface area contributed by atoms with Crippen LogP contribution in [0.5, 0.6) is 0 Å². The average Bonchev–Trinajstić information content (AvgIpc) is 2.13. The van der Waals surface area contributed by atoms with Gasteiger partial charge in [0.2, 0.25) is 0 Å². The molecule has 1 saturated carbocycles. The first-order valence-corrected chi connectivity index (χ1v) is 5.80. The van der Waals surface area contributed by atoms with Crippen molar-refractivity contribution in [1.82, 2.24) is 5.32 Å². The highest BCUT2D eigenvalue weighted by Gasteiger charge is 2.43. The van der Waals surface area contributed by atoms with Crippen molar-refractivity contribution in [2.45, 2.75) is 50.5 Å². The number of carboxylic acids is 1. The summed E-state index contributed by atoms with van der Waals surface area (Å²) >= 11 is 0. The van der Waals surface area contributed by atoms with Crippen molar-refractivity contribution in [1.29, 1.82) is 0 Å². The predicted octanol–water partition coefficient (Wildman–Crippen LogP) is 1.14. The van der Waals surface area contributed by atoms with Crippen LogP contribution in [0.1, 0.15) is 44.9 Å². The number of aliphatic carboxylic acids is 1. The van der Waals surface area contributed by atoms with Gasteiger partial charge in [-0.2, -0.15) is 0 Å². The average molecular weight is 215 g/mol. The zero-order valence-corrected chi connectivity index (χ0v) is 9.17. The number of carbonyl (C=O) groups is 1. The molecule has 4 nitrogen and oxygen atoms in total. The molecular weight excluding hydrogens is 194 g/mol. The highest BCUT2D eigenvalue weighted by molar-refractivity contribution is 5.79. The molecule has 0 bridgehead atoms. The maximum Gasteiger partial charge on any atom is 0.323 e. The minimum absolute atomic E-state index is 0.256. The summed E-state index contributed by atoms with van der Waals surface area (Å²) in [6.07, 6.45) is 6.47. The monoisotopic (exact) mass is 215 g/mol. The number of aliphatic hydroxyl groups is 1. The molecule has 0 aromatic carbocycles. The molecule has 0 aliphatic heterocycles. The van der Waals surface area contributed by atoms with Crippen LogP contribution >= 0.6 is 0 Å². The number of carboxylic acid groups (broad SMARTS) is 1. The fourth-order valence-electron chi connectivity index (χ4n) is 1.91. The van der Waals surface area contributed by atoms with Crippen LogP contribution in [0, 0.1) is 0 Å². The first-order valence-electron chi connectivity index (χ1n) is 5.80. The highest BCUT2D eigenvalue weighted by Crippen LogP contribution is 2.31. The number of hydrogen-bond donors (Lipinski definition) is 3. The van der Waals surface area contributed by atoms with Crippen LogP contribution in [0.3, 0.4) is 0 Å². The first-order chi connectivity index (χ1) is 7.21. The fourth-order valence-corrected chi connectivity index (χ4v) is 1.91. The van der Waals surface area contributed by atoms with E-state index in [1.54, 1.807) is 0 Å². The normalized spacial score (nSPS) is 18.5. The lowest BCUT2D eigenvalue weighted by atomic mass is 9.77. The Morgan fingerprint density at radius 3 is 2.33 bits per heavy atom. The third kappa shape index (κ3) is 3.47. The fraction of sp³-hybridized carbons (Fsp3) is 0.909. The molecule has 4 heteroatoms. The summed E-state index contributed by atoms with van der Waals surface area (Å²) < 4.78 is 0. The summed E-state index contributed by atoms with van der Waals surface area (Å²) in [6, 6.07) is 0. The Bertz CT molecular complexity index is 202. The minimum atomic E-state index is -0.705. The molecule has 1 fully saturated rings. The van der Waals surface area contributed by atoms with E-state index in [0.717, 1.165) is 51.5 Å². The number of unbranched alkanes of at least 4 members (excludes halogenated alkanes) is 3. The molecule has 0 spiro atoms. The minimum Gasteiger partial charge on any atom is -0.480 e. The van der Waals surface area contributed by atoms with Crippen molar-refractivity contribution in [2.75, 3.05) is 13.2 Å². The van der Waals surface area contributed by atoms with Gasteiger partial charge < -0.3 is 15.5 Å². The molecule has 1 rings (SSSR count). The zero-order chi connectivity index (χ0) is 11.1. The quantitative estimate of drug-likeness (QED) is 0.531. The van der Waals surface area contributed by atoms with Gasteiger partial charge in [0.05, 0.1) is 0 Å². The van der Waals surface area contributed by atoms with Gasteiger partial charge in [0.1, 0.15) is 5.54 Å². The van der Waals surface area contributed by atoms with Gasteiger partial charge in [0.15, 0.2) is 0 Å². The number of hydrogen-bond acceptors (Lipinski definition) is 3. The highest BCUT2D eigenvalue weighted by atomic mass is 16.4. The molecule has 0 amide bonds. The molecule has 1 aliphatic rings. The maximum atomic E-state index is 11.0. The Balaban J connectivity index is 2.06. The molecular formula is C11H21NO3. The van der Waals surface area contributed by atoms with E-state index in [1.807, 2.05) is 0 Å². The molecule has 15 heavy (non-hydrogen) atoms. The zero-order valence-electron chi connectivity index (χ0n) is 9.17. The summed E-state index contributed by atoms with van der Waals surface area (Å²) in [7, 11) is 0.